The van der Waals surface area contributed by atoms with Crippen LogP contribution in [0, 0.1) is 0 Å². The van der Waals surface area contributed by atoms with E-state index in [2.05, 4.69) is 46.8 Å². The van der Waals surface area contributed by atoms with Gasteiger partial charge in [-0.1, -0.05) is 53.7 Å². The summed E-state index contributed by atoms with van der Waals surface area (Å²) in [7, 11) is 0. The fourth-order valence-corrected chi connectivity index (χ4v) is 3.94. The highest BCUT2D eigenvalue weighted by molar-refractivity contribution is 7.99. The molecule has 1 aromatic heterocycles. The summed E-state index contributed by atoms with van der Waals surface area (Å²) in [6, 6.07) is 22.3. The number of nitrogens with zero attached hydrogens (tertiary/aromatic N) is 1. The normalized spacial score (nSPS) is 11.6. The Morgan fingerprint density at radius 2 is 1.82 bits per heavy atom. The number of hydrogen-bond donors (Lipinski definition) is 2. The topological polar surface area (TPSA) is 37.0 Å². The Morgan fingerprint density at radius 3 is 2.57 bits per heavy atom. The zero-order valence-electron chi connectivity index (χ0n) is 15.6. The van der Waals surface area contributed by atoms with Crippen molar-refractivity contribution in [2.75, 3.05) is 5.32 Å². The van der Waals surface area contributed by atoms with Crippen LogP contribution in [-0.2, 0) is 6.42 Å². The lowest BCUT2D eigenvalue weighted by Gasteiger charge is -2.18. The molecule has 1 atom stereocenters. The first-order chi connectivity index (χ1) is 13.6. The molecular formula is C22H22ClN3S2. The smallest absolute Gasteiger partial charge is 0.171 e. The summed E-state index contributed by atoms with van der Waals surface area (Å²) in [4.78, 5) is 5.56. The van der Waals surface area contributed by atoms with Crippen molar-refractivity contribution in [3.05, 3.63) is 83.5 Å². The van der Waals surface area contributed by atoms with E-state index >= 15 is 0 Å². The molecule has 0 spiro atoms. The van der Waals surface area contributed by atoms with Crippen LogP contribution in [0.5, 0.6) is 0 Å². The third kappa shape index (κ3) is 6.51. The Kier molecular flexibility index (Phi) is 7.71. The summed E-state index contributed by atoms with van der Waals surface area (Å²) in [6.07, 6.45) is 3.80. The van der Waals surface area contributed by atoms with E-state index in [1.54, 1.807) is 18.0 Å². The minimum atomic E-state index is 0.268. The molecule has 3 aromatic rings. The molecule has 2 aromatic carbocycles. The first-order valence-electron chi connectivity index (χ1n) is 9.10. The molecule has 2 N–H and O–H groups in total. The molecule has 6 heteroatoms. The van der Waals surface area contributed by atoms with Crippen LogP contribution < -0.4 is 10.6 Å². The molecule has 144 valence electrons. The van der Waals surface area contributed by atoms with Crippen molar-refractivity contribution in [3.63, 3.8) is 0 Å². The maximum atomic E-state index is 5.97. The average molecular weight is 428 g/mol. The van der Waals surface area contributed by atoms with Gasteiger partial charge >= 0.3 is 0 Å². The minimum Gasteiger partial charge on any atom is -0.360 e. The fraction of sp³-hybridized carbons (Fsp3) is 0.182. The second kappa shape index (κ2) is 10.5. The molecule has 0 bridgehead atoms. The summed E-state index contributed by atoms with van der Waals surface area (Å²) >= 11 is 13.0. The number of aromatic nitrogens is 1. The lowest BCUT2D eigenvalue weighted by molar-refractivity contribution is 0.609. The Hall–Kier alpha value is -2.08. The zero-order valence-corrected chi connectivity index (χ0v) is 18.0. The number of rotatable bonds is 7. The second-order valence-corrected chi connectivity index (χ2v) is 8.34. The van der Waals surface area contributed by atoms with Gasteiger partial charge in [-0.25, -0.2) is 4.98 Å². The minimum absolute atomic E-state index is 0.268. The van der Waals surface area contributed by atoms with Gasteiger partial charge in [0.15, 0.2) is 5.11 Å². The van der Waals surface area contributed by atoms with E-state index in [1.807, 2.05) is 42.5 Å². The molecule has 0 radical (unpaired) electrons. The number of pyridine rings is 1. The summed E-state index contributed by atoms with van der Waals surface area (Å²) < 4.78 is 0. The summed E-state index contributed by atoms with van der Waals surface area (Å²) in [5.74, 6) is 0. The van der Waals surface area contributed by atoms with E-state index in [9.17, 15) is 0 Å². The number of thiocarbonyl (C=S) groups is 1. The average Bonchev–Trinajstić information content (AvgIpc) is 2.70. The molecule has 0 aliphatic rings. The first kappa shape index (κ1) is 20.6. The zero-order chi connectivity index (χ0) is 19.8. The van der Waals surface area contributed by atoms with Crippen molar-refractivity contribution in [3.8, 4) is 0 Å². The molecule has 0 saturated carbocycles. The van der Waals surface area contributed by atoms with Gasteiger partial charge in [0.05, 0.1) is 5.69 Å². The molecule has 1 heterocycles. The van der Waals surface area contributed by atoms with E-state index in [0.29, 0.717) is 5.11 Å². The van der Waals surface area contributed by atoms with Crippen LogP contribution in [0.1, 0.15) is 18.9 Å². The number of aryl methyl sites for hydroxylation is 1. The molecule has 0 aliphatic carbocycles. The molecular weight excluding hydrogens is 406 g/mol. The Bertz CT molecular complexity index is 901. The summed E-state index contributed by atoms with van der Waals surface area (Å²) in [5.41, 5.74) is 2.22. The van der Waals surface area contributed by atoms with E-state index in [0.717, 1.165) is 33.5 Å². The fourth-order valence-electron chi connectivity index (χ4n) is 2.66. The highest BCUT2D eigenvalue weighted by Crippen LogP contribution is 2.32. The van der Waals surface area contributed by atoms with Crippen molar-refractivity contribution in [1.82, 2.24) is 10.3 Å². The highest BCUT2D eigenvalue weighted by Gasteiger charge is 2.09. The number of halogens is 1. The SMILES string of the molecule is C[C@@H](CCc1ccccc1)NC(=S)Nc1cccnc1Sc1ccc(Cl)cc1. The number of hydrogen-bond acceptors (Lipinski definition) is 3. The van der Waals surface area contributed by atoms with Crippen molar-refractivity contribution in [2.45, 2.75) is 35.7 Å². The van der Waals surface area contributed by atoms with Crippen molar-refractivity contribution >= 4 is 46.4 Å². The van der Waals surface area contributed by atoms with Crippen LogP contribution >= 0.6 is 35.6 Å². The lowest BCUT2D eigenvalue weighted by atomic mass is 10.1. The Morgan fingerprint density at radius 1 is 1.07 bits per heavy atom. The molecule has 0 fully saturated rings. The second-order valence-electron chi connectivity index (χ2n) is 6.44. The quantitative estimate of drug-likeness (QED) is 0.439. The van der Waals surface area contributed by atoms with Crippen LogP contribution in [0.25, 0.3) is 0 Å². The number of anilines is 1. The third-order valence-electron chi connectivity index (χ3n) is 4.13. The Balaban J connectivity index is 1.55. The van der Waals surface area contributed by atoms with Crippen LogP contribution in [-0.4, -0.2) is 16.1 Å². The van der Waals surface area contributed by atoms with Crippen molar-refractivity contribution < 1.29 is 0 Å². The van der Waals surface area contributed by atoms with Gasteiger partial charge in [-0.15, -0.1) is 0 Å². The predicted molar refractivity (Wildman–Crippen MR) is 123 cm³/mol. The van der Waals surface area contributed by atoms with Gasteiger partial charge in [-0.2, -0.15) is 0 Å². The van der Waals surface area contributed by atoms with Crippen LogP contribution in [0.15, 0.2) is 82.8 Å². The van der Waals surface area contributed by atoms with Gasteiger partial charge in [0.2, 0.25) is 0 Å². The van der Waals surface area contributed by atoms with E-state index in [-0.39, 0.29) is 6.04 Å². The molecule has 0 saturated heterocycles. The van der Waals surface area contributed by atoms with Gasteiger partial charge in [0.1, 0.15) is 5.03 Å². The van der Waals surface area contributed by atoms with Crippen molar-refractivity contribution in [2.24, 2.45) is 0 Å². The molecule has 0 aliphatic heterocycles. The molecule has 0 amide bonds. The standard InChI is InChI=1S/C22H22ClN3S2/c1-16(9-10-17-6-3-2-4-7-17)25-22(27)26-20-8-5-15-24-21(20)28-19-13-11-18(23)12-14-19/h2-8,11-16H,9-10H2,1H3,(H2,25,26,27)/t16-/m0/s1. The van der Waals surface area contributed by atoms with Gasteiger partial charge in [0.25, 0.3) is 0 Å². The largest absolute Gasteiger partial charge is 0.360 e. The monoisotopic (exact) mass is 427 g/mol. The van der Waals surface area contributed by atoms with E-state index in [1.165, 1.54) is 5.56 Å². The molecule has 0 unspecified atom stereocenters. The van der Waals surface area contributed by atoms with Gasteiger partial charge in [-0.3, -0.25) is 0 Å². The highest BCUT2D eigenvalue weighted by atomic mass is 35.5. The number of nitrogens with one attached hydrogen (secondary N) is 2. The Labute approximate surface area is 180 Å². The maximum absolute atomic E-state index is 5.97. The van der Waals surface area contributed by atoms with Gasteiger partial charge in [0, 0.05) is 22.2 Å². The molecule has 3 rings (SSSR count). The van der Waals surface area contributed by atoms with Gasteiger partial charge in [-0.05, 0) is 73.9 Å². The summed E-state index contributed by atoms with van der Waals surface area (Å²) in [6.45, 7) is 2.14. The maximum Gasteiger partial charge on any atom is 0.171 e. The first-order valence-corrected chi connectivity index (χ1v) is 10.7. The van der Waals surface area contributed by atoms with Crippen LogP contribution in [0.4, 0.5) is 5.69 Å². The predicted octanol–water partition coefficient (Wildman–Crippen LogP) is 6.19. The van der Waals surface area contributed by atoms with Gasteiger partial charge < -0.3 is 10.6 Å². The van der Waals surface area contributed by atoms with E-state index in [4.69, 9.17) is 23.8 Å². The number of benzene rings is 2. The third-order valence-corrected chi connectivity index (χ3v) is 5.63. The van der Waals surface area contributed by atoms with Crippen LogP contribution in [0.2, 0.25) is 5.02 Å². The van der Waals surface area contributed by atoms with E-state index < -0.39 is 0 Å². The van der Waals surface area contributed by atoms with Crippen LogP contribution in [0.3, 0.4) is 0 Å². The molecule has 28 heavy (non-hydrogen) atoms. The summed E-state index contributed by atoms with van der Waals surface area (Å²) in [5, 5.41) is 8.84. The molecule has 3 nitrogen and oxygen atoms in total. The van der Waals surface area contributed by atoms with Crippen molar-refractivity contribution in [1.29, 1.82) is 0 Å². The lowest BCUT2D eigenvalue weighted by Crippen LogP contribution is -2.36.